The van der Waals surface area contributed by atoms with Gasteiger partial charge in [0.15, 0.2) is 0 Å². The molecule has 0 unspecified atom stereocenters. The van der Waals surface area contributed by atoms with Crippen molar-refractivity contribution in [2.24, 2.45) is 0 Å². The molecule has 128 valence electrons. The van der Waals surface area contributed by atoms with Crippen LogP contribution in [0.3, 0.4) is 0 Å². The van der Waals surface area contributed by atoms with E-state index in [1.165, 1.54) is 53.2 Å². The molecule has 0 nitrogen and oxygen atoms in total. The molecule has 0 spiro atoms. The van der Waals surface area contributed by atoms with E-state index < -0.39 is 0 Å². The topological polar surface area (TPSA) is 0 Å². The summed E-state index contributed by atoms with van der Waals surface area (Å²) in [5, 5.41) is 5.38. The zero-order chi connectivity index (χ0) is 18.3. The van der Waals surface area contributed by atoms with Gasteiger partial charge in [-0.15, -0.1) is 11.3 Å². The van der Waals surface area contributed by atoms with Gasteiger partial charge in [-0.2, -0.15) is 0 Å². The van der Waals surface area contributed by atoms with Crippen LogP contribution >= 0.6 is 11.3 Å². The molecule has 0 aliphatic heterocycles. The Kier molecular flexibility index (Phi) is 4.26. The van der Waals surface area contributed by atoms with Gasteiger partial charge in [0, 0.05) is 25.6 Å². The van der Waals surface area contributed by atoms with Gasteiger partial charge in [-0.25, -0.2) is 0 Å². The highest BCUT2D eigenvalue weighted by atomic mass is 32.1. The summed E-state index contributed by atoms with van der Waals surface area (Å²) in [5.74, 6) is 0. The first kappa shape index (κ1) is 16.8. The summed E-state index contributed by atoms with van der Waals surface area (Å²) in [7, 11) is 0. The monoisotopic (exact) mass is 354 g/mol. The minimum absolute atomic E-state index is 1.21. The Bertz CT molecular complexity index is 1220. The molecule has 0 aliphatic carbocycles. The summed E-state index contributed by atoms with van der Waals surface area (Å²) in [6.45, 7) is 10.5. The van der Waals surface area contributed by atoms with Gasteiger partial charge in [0.25, 0.3) is 0 Å². The number of fused-ring (bicyclic) bond motifs is 5. The minimum atomic E-state index is 1.21. The highest BCUT2D eigenvalue weighted by molar-refractivity contribution is 7.26. The molecule has 0 saturated heterocycles. The van der Waals surface area contributed by atoms with E-state index in [2.05, 4.69) is 88.0 Å². The Morgan fingerprint density at radius 3 is 2.54 bits per heavy atom. The predicted octanol–water partition coefficient (Wildman–Crippen LogP) is 8.05. The molecule has 26 heavy (non-hydrogen) atoms. The summed E-state index contributed by atoms with van der Waals surface area (Å²) in [6.07, 6.45) is 6.22. The van der Waals surface area contributed by atoms with Crippen LogP contribution in [0.5, 0.6) is 0 Å². The number of rotatable bonds is 3. The van der Waals surface area contributed by atoms with E-state index in [4.69, 9.17) is 0 Å². The summed E-state index contributed by atoms with van der Waals surface area (Å²) < 4.78 is 2.74. The summed E-state index contributed by atoms with van der Waals surface area (Å²) >= 11 is 1.90. The Labute approximate surface area is 158 Å². The molecule has 1 heterocycles. The molecule has 3 aromatic carbocycles. The van der Waals surface area contributed by atoms with Crippen molar-refractivity contribution in [2.75, 3.05) is 0 Å². The molecule has 0 bridgehead atoms. The maximum atomic E-state index is 4.07. The van der Waals surface area contributed by atoms with E-state index >= 15 is 0 Å². The molecular weight excluding hydrogens is 332 g/mol. The lowest BCUT2D eigenvalue weighted by atomic mass is 9.91. The fourth-order valence-electron chi connectivity index (χ4n) is 3.88. The fraction of sp³-hybridized carbons (Fsp3) is 0.120. The van der Waals surface area contributed by atoms with Gasteiger partial charge in [-0.05, 0) is 54.5 Å². The molecule has 1 aromatic heterocycles. The summed E-state index contributed by atoms with van der Waals surface area (Å²) in [4.78, 5) is 0. The highest BCUT2D eigenvalue weighted by Crippen LogP contribution is 2.41. The Morgan fingerprint density at radius 2 is 1.77 bits per heavy atom. The third kappa shape index (κ3) is 2.51. The Morgan fingerprint density at radius 1 is 1.00 bits per heavy atom. The third-order valence-corrected chi connectivity index (χ3v) is 6.33. The van der Waals surface area contributed by atoms with Gasteiger partial charge < -0.3 is 0 Å². The average Bonchev–Trinajstić information content (AvgIpc) is 3.03. The third-order valence-electron chi connectivity index (χ3n) is 5.12. The lowest BCUT2D eigenvalue weighted by Gasteiger charge is -2.13. The molecule has 0 radical (unpaired) electrons. The molecule has 0 N–H and O–H groups in total. The SMILES string of the molecule is C=C/C(=C(C)\C=C/C)c1ccc2ccc3c4ccccc4sc3c2c1C. The van der Waals surface area contributed by atoms with E-state index in [1.54, 1.807) is 0 Å². The lowest BCUT2D eigenvalue weighted by molar-refractivity contribution is 1.44. The zero-order valence-electron chi connectivity index (χ0n) is 15.5. The second-order valence-electron chi connectivity index (χ2n) is 6.68. The number of aryl methyl sites for hydroxylation is 1. The number of benzene rings is 3. The van der Waals surface area contributed by atoms with Gasteiger partial charge >= 0.3 is 0 Å². The van der Waals surface area contributed by atoms with Crippen LogP contribution in [0, 0.1) is 6.92 Å². The molecule has 0 fully saturated rings. The first-order valence-corrected chi connectivity index (χ1v) is 9.77. The summed E-state index contributed by atoms with van der Waals surface area (Å²) in [6, 6.07) is 17.7. The second kappa shape index (κ2) is 6.59. The van der Waals surface area contributed by atoms with Crippen LogP contribution in [0.1, 0.15) is 25.0 Å². The van der Waals surface area contributed by atoms with Crippen molar-refractivity contribution in [2.45, 2.75) is 20.8 Å². The highest BCUT2D eigenvalue weighted by Gasteiger charge is 2.13. The second-order valence-corrected chi connectivity index (χ2v) is 7.73. The van der Waals surface area contributed by atoms with E-state index in [0.717, 1.165) is 0 Å². The van der Waals surface area contributed by atoms with Gasteiger partial charge in [0.1, 0.15) is 0 Å². The molecule has 4 rings (SSSR count). The maximum Gasteiger partial charge on any atom is 0.0436 e. The molecule has 0 saturated carbocycles. The lowest BCUT2D eigenvalue weighted by Crippen LogP contribution is -1.91. The first-order valence-electron chi connectivity index (χ1n) is 8.95. The van der Waals surface area contributed by atoms with Crippen LogP contribution < -0.4 is 0 Å². The molecule has 0 aliphatic rings. The van der Waals surface area contributed by atoms with Crippen LogP contribution in [-0.2, 0) is 0 Å². The minimum Gasteiger partial charge on any atom is -0.135 e. The van der Waals surface area contributed by atoms with Crippen molar-refractivity contribution < 1.29 is 0 Å². The van der Waals surface area contributed by atoms with Gasteiger partial charge in [0.2, 0.25) is 0 Å². The smallest absolute Gasteiger partial charge is 0.0436 e. The maximum absolute atomic E-state index is 4.07. The Hall–Kier alpha value is -2.64. The van der Waals surface area contributed by atoms with E-state index in [-0.39, 0.29) is 0 Å². The largest absolute Gasteiger partial charge is 0.135 e. The van der Waals surface area contributed by atoms with Crippen molar-refractivity contribution in [1.29, 1.82) is 0 Å². The van der Waals surface area contributed by atoms with Crippen molar-refractivity contribution in [1.82, 2.24) is 0 Å². The van der Waals surface area contributed by atoms with Gasteiger partial charge in [0.05, 0.1) is 0 Å². The predicted molar refractivity (Wildman–Crippen MR) is 119 cm³/mol. The molecule has 4 aromatic rings. The number of allylic oxidation sites excluding steroid dienone is 5. The van der Waals surface area contributed by atoms with Crippen molar-refractivity contribution in [3.05, 3.63) is 90.0 Å². The summed E-state index contributed by atoms with van der Waals surface area (Å²) in [5.41, 5.74) is 5.06. The van der Waals surface area contributed by atoms with E-state index in [1.807, 2.05) is 17.4 Å². The molecular formula is C25H22S. The van der Waals surface area contributed by atoms with Crippen LogP contribution in [0.15, 0.2) is 78.9 Å². The van der Waals surface area contributed by atoms with Crippen molar-refractivity contribution in [3.63, 3.8) is 0 Å². The van der Waals surface area contributed by atoms with Crippen molar-refractivity contribution in [3.8, 4) is 0 Å². The van der Waals surface area contributed by atoms with Gasteiger partial charge in [-0.1, -0.05) is 67.3 Å². The van der Waals surface area contributed by atoms with Crippen LogP contribution in [0.25, 0.3) is 36.5 Å². The number of hydrogen-bond acceptors (Lipinski definition) is 1. The average molecular weight is 355 g/mol. The van der Waals surface area contributed by atoms with Crippen LogP contribution in [0.2, 0.25) is 0 Å². The first-order chi connectivity index (χ1) is 12.7. The van der Waals surface area contributed by atoms with E-state index in [9.17, 15) is 0 Å². The number of hydrogen-bond donors (Lipinski definition) is 0. The quantitative estimate of drug-likeness (QED) is 0.326. The zero-order valence-corrected chi connectivity index (χ0v) is 16.3. The van der Waals surface area contributed by atoms with Crippen molar-refractivity contribution >= 4 is 47.9 Å². The van der Waals surface area contributed by atoms with Crippen LogP contribution in [-0.4, -0.2) is 0 Å². The number of thiophene rings is 1. The molecule has 1 heteroatoms. The Balaban J connectivity index is 2.13. The van der Waals surface area contributed by atoms with Crippen LogP contribution in [0.4, 0.5) is 0 Å². The van der Waals surface area contributed by atoms with Gasteiger partial charge in [-0.3, -0.25) is 0 Å². The normalized spacial score (nSPS) is 13.0. The molecule has 0 atom stereocenters. The van der Waals surface area contributed by atoms with E-state index in [0.29, 0.717) is 0 Å². The molecule has 0 amide bonds. The fourth-order valence-corrected chi connectivity index (χ4v) is 5.19. The standard InChI is InChI=1S/C25H22S/c1-5-9-16(3)19(6-2)20-14-12-18-13-15-22-21-10-7-8-11-23(21)26-25(22)24(18)17(20)4/h5-15H,2H2,1,3-4H3/b9-5-,19-16+.